The molecule has 0 heterocycles. The summed E-state index contributed by atoms with van der Waals surface area (Å²) in [6.07, 6.45) is -0.754. The van der Waals surface area contributed by atoms with Crippen molar-refractivity contribution in [2.45, 2.75) is 12.6 Å². The number of aliphatic hydroxyl groups excluding tert-OH is 1. The van der Waals surface area contributed by atoms with Crippen molar-refractivity contribution >= 4 is 5.69 Å². The van der Waals surface area contributed by atoms with Crippen molar-refractivity contribution in [2.24, 2.45) is 5.73 Å². The molecule has 18 heavy (non-hydrogen) atoms. The van der Waals surface area contributed by atoms with E-state index in [0.717, 1.165) is 0 Å². The van der Waals surface area contributed by atoms with E-state index in [1.807, 2.05) is 0 Å². The third-order valence-corrected chi connectivity index (χ3v) is 2.27. The fraction of sp³-hybridized carbons (Fsp3) is 0.455. The smallest absolute Gasteiger partial charge is 0.270 e. The zero-order valence-corrected chi connectivity index (χ0v) is 10.0. The first-order chi connectivity index (χ1) is 8.58. The minimum Gasteiger partial charge on any atom is -0.490 e. The minimum absolute atomic E-state index is 0.0403. The van der Waals surface area contributed by atoms with E-state index in [4.69, 9.17) is 15.2 Å². The molecular weight excluding hydrogens is 240 g/mol. The number of methoxy groups -OCH3 is 1. The van der Waals surface area contributed by atoms with Crippen LogP contribution in [0.3, 0.4) is 0 Å². The summed E-state index contributed by atoms with van der Waals surface area (Å²) in [7, 11) is 1.47. The summed E-state index contributed by atoms with van der Waals surface area (Å²) in [5.74, 6) is 0.429. The molecule has 1 unspecified atom stereocenters. The van der Waals surface area contributed by atoms with Gasteiger partial charge in [-0.1, -0.05) is 0 Å². The van der Waals surface area contributed by atoms with E-state index in [0.29, 0.717) is 11.3 Å². The zero-order valence-electron chi connectivity index (χ0n) is 10.0. The molecule has 3 N–H and O–H groups in total. The van der Waals surface area contributed by atoms with E-state index < -0.39 is 11.0 Å². The van der Waals surface area contributed by atoms with Gasteiger partial charge < -0.3 is 20.3 Å². The van der Waals surface area contributed by atoms with E-state index in [9.17, 15) is 15.2 Å². The molecule has 0 fully saturated rings. The van der Waals surface area contributed by atoms with Gasteiger partial charge in [0.25, 0.3) is 5.69 Å². The summed E-state index contributed by atoms with van der Waals surface area (Å²) in [5, 5.41) is 20.0. The number of non-ortho nitro benzene ring substituents is 1. The van der Waals surface area contributed by atoms with Crippen molar-refractivity contribution in [1.82, 2.24) is 0 Å². The molecule has 0 radical (unpaired) electrons. The van der Waals surface area contributed by atoms with Gasteiger partial charge >= 0.3 is 0 Å². The summed E-state index contributed by atoms with van der Waals surface area (Å²) in [4.78, 5) is 10.1. The second-order valence-electron chi connectivity index (χ2n) is 3.67. The minimum atomic E-state index is -0.754. The fourth-order valence-electron chi connectivity index (χ4n) is 1.41. The molecule has 0 aromatic heterocycles. The monoisotopic (exact) mass is 256 g/mol. The van der Waals surface area contributed by atoms with Gasteiger partial charge in [0.1, 0.15) is 18.5 Å². The average molecular weight is 256 g/mol. The predicted molar refractivity (Wildman–Crippen MR) is 64.4 cm³/mol. The Hall–Kier alpha value is -1.70. The Balaban J connectivity index is 2.73. The van der Waals surface area contributed by atoms with Crippen molar-refractivity contribution < 1.29 is 19.5 Å². The largest absolute Gasteiger partial charge is 0.490 e. The number of nitrogens with two attached hydrogens (primary N) is 1. The van der Waals surface area contributed by atoms with Crippen LogP contribution in [0.4, 0.5) is 5.69 Å². The maximum atomic E-state index is 10.6. The van der Waals surface area contributed by atoms with Crippen LogP contribution in [0.15, 0.2) is 18.2 Å². The van der Waals surface area contributed by atoms with Crippen molar-refractivity contribution in [3.05, 3.63) is 33.9 Å². The molecule has 0 aliphatic carbocycles. The van der Waals surface area contributed by atoms with Gasteiger partial charge in [-0.05, 0) is 6.07 Å². The summed E-state index contributed by atoms with van der Waals surface area (Å²) in [5.41, 5.74) is 5.98. The third-order valence-electron chi connectivity index (χ3n) is 2.27. The molecule has 0 aliphatic heterocycles. The van der Waals surface area contributed by atoms with Crippen LogP contribution in [0.1, 0.15) is 5.56 Å². The van der Waals surface area contributed by atoms with Crippen molar-refractivity contribution in [3.63, 3.8) is 0 Å². The second kappa shape index (κ2) is 6.90. The molecular formula is C11H16N2O5. The first kappa shape index (κ1) is 14.4. The lowest BCUT2D eigenvalue weighted by Crippen LogP contribution is -2.23. The lowest BCUT2D eigenvalue weighted by Gasteiger charge is -2.13. The molecule has 0 amide bonds. The fourth-order valence-corrected chi connectivity index (χ4v) is 1.41. The maximum Gasteiger partial charge on any atom is 0.270 e. The Morgan fingerprint density at radius 3 is 2.78 bits per heavy atom. The number of nitro benzene ring substituents is 1. The molecule has 7 heteroatoms. The lowest BCUT2D eigenvalue weighted by molar-refractivity contribution is -0.384. The molecule has 100 valence electrons. The van der Waals surface area contributed by atoms with Crippen LogP contribution in [-0.2, 0) is 11.3 Å². The number of aliphatic hydroxyl groups is 1. The van der Waals surface area contributed by atoms with Crippen LogP contribution in [0.5, 0.6) is 5.75 Å². The first-order valence-electron chi connectivity index (χ1n) is 5.35. The quantitative estimate of drug-likeness (QED) is 0.541. The van der Waals surface area contributed by atoms with Gasteiger partial charge in [-0.25, -0.2) is 0 Å². The van der Waals surface area contributed by atoms with Gasteiger partial charge in [0, 0.05) is 31.4 Å². The number of benzene rings is 1. The van der Waals surface area contributed by atoms with Gasteiger partial charge in [-0.3, -0.25) is 10.1 Å². The number of nitrogens with zero attached hydrogens (tertiary/aromatic N) is 1. The van der Waals surface area contributed by atoms with Gasteiger partial charge in [0.05, 0.1) is 11.5 Å². The molecule has 1 atom stereocenters. The second-order valence-corrected chi connectivity index (χ2v) is 3.67. The van der Waals surface area contributed by atoms with E-state index >= 15 is 0 Å². The number of nitro groups is 1. The number of hydrogen-bond acceptors (Lipinski definition) is 6. The summed E-state index contributed by atoms with van der Waals surface area (Å²) < 4.78 is 10.1. The van der Waals surface area contributed by atoms with Gasteiger partial charge in [0.15, 0.2) is 0 Å². The molecule has 0 aliphatic rings. The highest BCUT2D eigenvalue weighted by molar-refractivity contribution is 5.43. The highest BCUT2D eigenvalue weighted by Crippen LogP contribution is 2.23. The Morgan fingerprint density at radius 2 is 2.22 bits per heavy atom. The Bertz CT molecular complexity index is 410. The molecule has 1 rings (SSSR count). The van der Waals surface area contributed by atoms with Crippen LogP contribution in [-0.4, -0.2) is 36.5 Å². The molecule has 0 bridgehead atoms. The Labute approximate surface area is 104 Å². The summed E-state index contributed by atoms with van der Waals surface area (Å²) in [6.45, 7) is 0.320. The molecule has 0 saturated heterocycles. The lowest BCUT2D eigenvalue weighted by atomic mass is 10.2. The third kappa shape index (κ3) is 3.95. The Morgan fingerprint density at radius 1 is 1.50 bits per heavy atom. The SMILES string of the molecule is COCC(O)COc1ccc([N+](=O)[O-])cc1CN. The van der Waals surface area contributed by atoms with Crippen LogP contribution in [0.25, 0.3) is 0 Å². The van der Waals surface area contributed by atoms with Crippen LogP contribution in [0, 0.1) is 10.1 Å². The van der Waals surface area contributed by atoms with Gasteiger partial charge in [-0.15, -0.1) is 0 Å². The van der Waals surface area contributed by atoms with Crippen molar-refractivity contribution in [2.75, 3.05) is 20.3 Å². The summed E-state index contributed by atoms with van der Waals surface area (Å²) >= 11 is 0. The van der Waals surface area contributed by atoms with Crippen molar-refractivity contribution in [3.8, 4) is 5.75 Å². The average Bonchev–Trinajstić information content (AvgIpc) is 2.36. The van der Waals surface area contributed by atoms with Gasteiger partial charge in [-0.2, -0.15) is 0 Å². The van der Waals surface area contributed by atoms with Crippen LogP contribution >= 0.6 is 0 Å². The summed E-state index contributed by atoms with van der Waals surface area (Å²) in [6, 6.07) is 4.16. The number of hydrogen-bond donors (Lipinski definition) is 2. The normalized spacial score (nSPS) is 12.2. The zero-order chi connectivity index (χ0) is 13.5. The number of ether oxygens (including phenoxy) is 2. The standard InChI is InChI=1S/C11H16N2O5/c1-17-6-10(14)7-18-11-3-2-9(13(15)16)4-8(11)5-12/h2-4,10,14H,5-7,12H2,1H3. The maximum absolute atomic E-state index is 10.6. The highest BCUT2D eigenvalue weighted by Gasteiger charge is 2.12. The van der Waals surface area contributed by atoms with E-state index in [-0.39, 0.29) is 25.4 Å². The van der Waals surface area contributed by atoms with Crippen LogP contribution < -0.4 is 10.5 Å². The molecule has 1 aromatic carbocycles. The van der Waals surface area contributed by atoms with E-state index in [1.54, 1.807) is 0 Å². The van der Waals surface area contributed by atoms with E-state index in [2.05, 4.69) is 0 Å². The highest BCUT2D eigenvalue weighted by atomic mass is 16.6. The van der Waals surface area contributed by atoms with E-state index in [1.165, 1.54) is 25.3 Å². The first-order valence-corrected chi connectivity index (χ1v) is 5.35. The molecule has 1 aromatic rings. The predicted octanol–water partition coefficient (Wildman–Crippen LogP) is 0.440. The van der Waals surface area contributed by atoms with Gasteiger partial charge in [0.2, 0.25) is 0 Å². The molecule has 0 spiro atoms. The number of rotatable bonds is 7. The van der Waals surface area contributed by atoms with Crippen molar-refractivity contribution in [1.29, 1.82) is 0 Å². The van der Waals surface area contributed by atoms with Crippen LogP contribution in [0.2, 0.25) is 0 Å². The molecule has 0 saturated carbocycles. The topological polar surface area (TPSA) is 108 Å². The molecule has 7 nitrogen and oxygen atoms in total. The Kier molecular flexibility index (Phi) is 5.50.